The lowest BCUT2D eigenvalue weighted by Crippen LogP contribution is -2.51. The molecule has 0 aromatic heterocycles. The van der Waals surface area contributed by atoms with Gasteiger partial charge in [-0.25, -0.2) is 17.6 Å². The summed E-state index contributed by atoms with van der Waals surface area (Å²) in [6.45, 7) is -0.807. The minimum Gasteiger partial charge on any atom is -0.743 e. The zero-order chi connectivity index (χ0) is 25.2. The maximum Gasteiger partial charge on any atom is 0.364 e. The van der Waals surface area contributed by atoms with Gasteiger partial charge in [0.15, 0.2) is 22.0 Å². The highest BCUT2D eigenvalue weighted by Gasteiger charge is 2.63. The number of ether oxygens (including phenoxy) is 3. The third-order valence-electron chi connectivity index (χ3n) is 6.35. The third-order valence-corrected chi connectivity index (χ3v) is 11.1. The van der Waals surface area contributed by atoms with Gasteiger partial charge < -0.3 is 18.8 Å². The van der Waals surface area contributed by atoms with E-state index in [1.165, 1.54) is 0 Å². The van der Waals surface area contributed by atoms with Crippen molar-refractivity contribution in [2.24, 2.45) is 17.8 Å². The lowest BCUT2D eigenvalue weighted by atomic mass is 9.84. The van der Waals surface area contributed by atoms with Gasteiger partial charge >= 0.3 is 17.2 Å². The summed E-state index contributed by atoms with van der Waals surface area (Å²) in [5, 5.41) is -5.11. The number of halogens is 6. The van der Waals surface area contributed by atoms with Crippen LogP contribution in [-0.4, -0.2) is 48.7 Å². The van der Waals surface area contributed by atoms with Gasteiger partial charge in [0.1, 0.15) is 5.56 Å². The van der Waals surface area contributed by atoms with Crippen molar-refractivity contribution in [1.29, 1.82) is 0 Å². The van der Waals surface area contributed by atoms with E-state index in [4.69, 9.17) is 14.2 Å². The largest absolute Gasteiger partial charge is 0.743 e. The summed E-state index contributed by atoms with van der Waals surface area (Å²) in [6.07, 6.45) is -3.43. The Kier molecular flexibility index (Phi) is 7.36. The molecular formula is C19H15F3I3O8S-. The molecule has 1 aliphatic heterocycles. The van der Waals surface area contributed by atoms with E-state index >= 15 is 0 Å². The Morgan fingerprint density at radius 2 is 1.94 bits per heavy atom. The van der Waals surface area contributed by atoms with Crippen LogP contribution in [0, 0.1) is 28.5 Å². The summed E-state index contributed by atoms with van der Waals surface area (Å²) < 4.78 is 90.7. The fourth-order valence-corrected chi connectivity index (χ4v) is 7.66. The summed E-state index contributed by atoms with van der Waals surface area (Å²) in [4.78, 5) is 25.3. The Morgan fingerprint density at radius 3 is 2.53 bits per heavy atom. The second-order valence-electron chi connectivity index (χ2n) is 8.34. The summed E-state index contributed by atoms with van der Waals surface area (Å²) >= 11 is 6.26. The number of esters is 2. The molecule has 5 atom stereocenters. The Hall–Kier alpha value is -0.150. The minimum atomic E-state index is -6.18. The van der Waals surface area contributed by atoms with E-state index in [0.717, 1.165) is 10.7 Å². The fourth-order valence-electron chi connectivity index (χ4n) is 4.74. The molecule has 1 heterocycles. The molecule has 0 amide bonds. The van der Waals surface area contributed by atoms with Gasteiger partial charge in [0.2, 0.25) is 0 Å². The molecule has 2 fully saturated rings. The second-order valence-corrected chi connectivity index (χ2v) is 13.2. The smallest absolute Gasteiger partial charge is 0.364 e. The van der Waals surface area contributed by atoms with Crippen LogP contribution in [0.3, 0.4) is 0 Å². The van der Waals surface area contributed by atoms with Gasteiger partial charge in [0.05, 0.1) is 16.1 Å². The van der Waals surface area contributed by atoms with E-state index in [1.807, 2.05) is 6.07 Å². The van der Waals surface area contributed by atoms with Gasteiger partial charge in [-0.15, -0.1) is 0 Å². The van der Waals surface area contributed by atoms with Gasteiger partial charge in [0.25, 0.3) is 5.79 Å². The van der Waals surface area contributed by atoms with Crippen LogP contribution in [0.4, 0.5) is 13.2 Å². The number of hydrogen-bond acceptors (Lipinski definition) is 8. The van der Waals surface area contributed by atoms with Crippen LogP contribution >= 0.6 is 67.8 Å². The lowest BCUT2D eigenvalue weighted by Gasteiger charge is -2.42. The predicted octanol–water partition coefficient (Wildman–Crippen LogP) is 4.20. The minimum absolute atomic E-state index is 0.236. The lowest BCUT2D eigenvalue weighted by molar-refractivity contribution is -0.193. The molecule has 4 rings (SSSR count). The van der Waals surface area contributed by atoms with E-state index in [2.05, 4.69) is 67.8 Å². The molecule has 1 aromatic rings. The molecule has 1 aromatic carbocycles. The molecule has 3 aliphatic rings. The van der Waals surface area contributed by atoms with Crippen molar-refractivity contribution in [3.63, 3.8) is 0 Å². The first kappa shape index (κ1) is 26.9. The fraction of sp³-hybridized carbons (Fsp3) is 0.579. The Labute approximate surface area is 233 Å². The first-order valence-electron chi connectivity index (χ1n) is 9.91. The molecule has 15 heteroatoms. The van der Waals surface area contributed by atoms with Crippen LogP contribution in [0.5, 0.6) is 5.75 Å². The van der Waals surface area contributed by atoms with Crippen molar-refractivity contribution in [2.45, 2.75) is 42.9 Å². The van der Waals surface area contributed by atoms with Crippen molar-refractivity contribution >= 4 is 89.8 Å². The molecule has 0 saturated heterocycles. The van der Waals surface area contributed by atoms with Crippen molar-refractivity contribution in [1.82, 2.24) is 0 Å². The first-order chi connectivity index (χ1) is 15.7. The molecule has 188 valence electrons. The van der Waals surface area contributed by atoms with E-state index in [1.54, 1.807) is 0 Å². The molecule has 2 aliphatic carbocycles. The number of benzene rings is 1. The average molecular weight is 841 g/mol. The number of hydrogen-bond donors (Lipinski definition) is 0. The highest BCUT2D eigenvalue weighted by atomic mass is 127. The van der Waals surface area contributed by atoms with Crippen molar-refractivity contribution in [2.75, 3.05) is 6.61 Å². The number of fused-ring (bicyclic) bond motifs is 4. The average Bonchev–Trinajstić information content (AvgIpc) is 3.28. The van der Waals surface area contributed by atoms with Gasteiger partial charge in [-0.2, -0.15) is 8.78 Å². The molecule has 2 saturated carbocycles. The molecule has 1 spiro atoms. The SMILES string of the molecule is O=C1OC2(CC3CC2CC3C(=O)OCCC(F)C(F)(F)S(=O)(=O)[O-])Oc2c(I)cc(I)c(I)c21. The third kappa shape index (κ3) is 4.52. The Bertz CT molecular complexity index is 1160. The maximum absolute atomic E-state index is 13.5. The predicted molar refractivity (Wildman–Crippen MR) is 133 cm³/mol. The van der Waals surface area contributed by atoms with Crippen LogP contribution in [0.15, 0.2) is 6.07 Å². The monoisotopic (exact) mass is 841 g/mol. The topological polar surface area (TPSA) is 119 Å². The number of rotatable bonds is 6. The summed E-state index contributed by atoms with van der Waals surface area (Å²) in [5.74, 6) is -3.22. The van der Waals surface area contributed by atoms with E-state index < -0.39 is 58.2 Å². The Balaban J connectivity index is 1.39. The quantitative estimate of drug-likeness (QED) is 0.181. The zero-order valence-corrected chi connectivity index (χ0v) is 24.2. The van der Waals surface area contributed by atoms with Gasteiger partial charge in [-0.05, 0) is 92.6 Å². The van der Waals surface area contributed by atoms with Crippen LogP contribution in [0.2, 0.25) is 0 Å². The van der Waals surface area contributed by atoms with E-state index in [-0.39, 0.29) is 24.7 Å². The normalized spacial score (nSPS) is 28.9. The molecule has 8 nitrogen and oxygen atoms in total. The van der Waals surface area contributed by atoms with E-state index in [0.29, 0.717) is 17.7 Å². The van der Waals surface area contributed by atoms with Crippen LogP contribution in [0.1, 0.15) is 36.0 Å². The standard InChI is InChI=1S/C19H16F3I3O8S/c20-12(19(21,22)34(28,29)30)1-2-31-16(26)9-4-8-3-7(9)6-18(8)32-15-11(24)5-10(23)14(25)13(15)17(27)33-18/h5,7-9,12H,1-4,6H2,(H,28,29,30)/p-1. The van der Waals surface area contributed by atoms with Crippen molar-refractivity contribution in [3.05, 3.63) is 22.3 Å². The zero-order valence-electron chi connectivity index (χ0n) is 16.9. The Morgan fingerprint density at radius 1 is 1.26 bits per heavy atom. The number of alkyl halides is 3. The number of carbonyl (C=O) groups excluding carboxylic acids is 2. The van der Waals surface area contributed by atoms with Crippen LogP contribution in [0.25, 0.3) is 0 Å². The molecule has 2 bridgehead atoms. The van der Waals surface area contributed by atoms with Gasteiger partial charge in [-0.3, -0.25) is 4.79 Å². The van der Waals surface area contributed by atoms with Crippen LogP contribution in [-0.2, 0) is 24.4 Å². The van der Waals surface area contributed by atoms with Crippen molar-refractivity contribution < 1.29 is 49.9 Å². The molecule has 0 radical (unpaired) electrons. The van der Waals surface area contributed by atoms with Gasteiger partial charge in [0, 0.05) is 25.9 Å². The van der Waals surface area contributed by atoms with Gasteiger partial charge in [-0.1, -0.05) is 0 Å². The summed E-state index contributed by atoms with van der Waals surface area (Å²) in [6, 6.07) is 1.89. The maximum atomic E-state index is 13.5. The molecular weight excluding hydrogens is 826 g/mol. The summed E-state index contributed by atoms with van der Waals surface area (Å²) in [7, 11) is -6.18. The second kappa shape index (κ2) is 9.30. The molecule has 34 heavy (non-hydrogen) atoms. The highest BCUT2D eigenvalue weighted by Crippen LogP contribution is 2.58. The molecule has 5 unspecified atom stereocenters. The summed E-state index contributed by atoms with van der Waals surface area (Å²) in [5.41, 5.74) is 0.360. The van der Waals surface area contributed by atoms with E-state index in [9.17, 15) is 35.7 Å². The van der Waals surface area contributed by atoms with Crippen molar-refractivity contribution in [3.8, 4) is 5.75 Å². The number of carbonyl (C=O) groups is 2. The highest BCUT2D eigenvalue weighted by molar-refractivity contribution is 14.1. The van der Waals surface area contributed by atoms with Crippen LogP contribution < -0.4 is 4.74 Å². The molecule has 0 N–H and O–H groups in total. The first-order valence-corrected chi connectivity index (χ1v) is 14.6.